The van der Waals surface area contributed by atoms with Crippen LogP contribution >= 0.6 is 0 Å². The van der Waals surface area contributed by atoms with Gasteiger partial charge in [-0.2, -0.15) is 0 Å². The highest BCUT2D eigenvalue weighted by Gasteiger charge is 2.19. The summed E-state index contributed by atoms with van der Waals surface area (Å²) >= 11 is 0. The van der Waals surface area contributed by atoms with Crippen LogP contribution in [-0.4, -0.2) is 17.9 Å². The molecule has 5 nitrogen and oxygen atoms in total. The molecule has 2 rings (SSSR count). The van der Waals surface area contributed by atoms with E-state index in [0.29, 0.717) is 25.2 Å². The number of aromatic nitrogens is 1. The molecule has 146 valence electrons. The smallest absolute Gasteiger partial charge is 0.225 e. The summed E-state index contributed by atoms with van der Waals surface area (Å²) in [6, 6.07) is 8.23. The average molecular weight is 372 g/mol. The van der Waals surface area contributed by atoms with Crippen LogP contribution in [0.3, 0.4) is 0 Å². The molecule has 0 aliphatic rings. The molecular weight excluding hydrogens is 343 g/mol. The second-order valence-electron chi connectivity index (χ2n) is 7.75. The molecule has 0 atom stereocenters. The Balaban J connectivity index is 2.19. The fourth-order valence-electron chi connectivity index (χ4n) is 2.74. The van der Waals surface area contributed by atoms with Crippen molar-refractivity contribution in [3.8, 4) is 0 Å². The van der Waals surface area contributed by atoms with Crippen LogP contribution in [0.5, 0.6) is 0 Å². The first-order valence-corrected chi connectivity index (χ1v) is 9.21. The fourth-order valence-corrected chi connectivity index (χ4v) is 2.74. The van der Waals surface area contributed by atoms with Crippen LogP contribution < -0.4 is 16.0 Å². The zero-order valence-corrected chi connectivity index (χ0v) is 16.7. The molecule has 3 N–H and O–H groups in total. The highest BCUT2D eigenvalue weighted by atomic mass is 19.1. The monoisotopic (exact) mass is 372 g/mol. The molecule has 1 amide bonds. The summed E-state index contributed by atoms with van der Waals surface area (Å²) in [6.07, 6.45) is 1.12. The number of benzene rings is 1. The van der Waals surface area contributed by atoms with Gasteiger partial charge in [0.05, 0.1) is 17.1 Å². The van der Waals surface area contributed by atoms with Crippen LogP contribution in [0.25, 0.3) is 0 Å². The number of aryl methyl sites for hydroxylation is 1. The summed E-state index contributed by atoms with van der Waals surface area (Å²) in [5.74, 6) is 0.426. The van der Waals surface area contributed by atoms with Crippen molar-refractivity contribution < 1.29 is 9.18 Å². The minimum absolute atomic E-state index is 0.0254. The van der Waals surface area contributed by atoms with E-state index in [1.54, 1.807) is 12.1 Å². The molecule has 0 spiro atoms. The van der Waals surface area contributed by atoms with Gasteiger partial charge in [0.1, 0.15) is 11.6 Å². The zero-order chi connectivity index (χ0) is 20.0. The van der Waals surface area contributed by atoms with Crippen molar-refractivity contribution in [1.82, 2.24) is 4.98 Å². The number of rotatable bonds is 7. The second kappa shape index (κ2) is 8.84. The van der Waals surface area contributed by atoms with Crippen molar-refractivity contribution in [2.24, 2.45) is 5.41 Å². The van der Waals surface area contributed by atoms with E-state index >= 15 is 0 Å². The van der Waals surface area contributed by atoms with E-state index in [1.165, 1.54) is 12.1 Å². The molecule has 1 heterocycles. The van der Waals surface area contributed by atoms with Gasteiger partial charge in [-0.25, -0.2) is 9.37 Å². The summed E-state index contributed by atoms with van der Waals surface area (Å²) < 4.78 is 13.0. The van der Waals surface area contributed by atoms with Gasteiger partial charge < -0.3 is 16.0 Å². The van der Waals surface area contributed by atoms with Gasteiger partial charge in [0.25, 0.3) is 0 Å². The van der Waals surface area contributed by atoms with Gasteiger partial charge in [-0.3, -0.25) is 4.79 Å². The first-order valence-electron chi connectivity index (χ1n) is 9.21. The number of nitrogens with zero attached hydrogens (tertiary/aromatic N) is 1. The lowest BCUT2D eigenvalue weighted by molar-refractivity contribution is -0.117. The van der Waals surface area contributed by atoms with E-state index < -0.39 is 0 Å². The Morgan fingerprint density at radius 3 is 2.41 bits per heavy atom. The largest absolute Gasteiger partial charge is 0.386 e. The van der Waals surface area contributed by atoms with E-state index in [0.717, 1.165) is 22.6 Å². The molecule has 0 bridgehead atoms. The van der Waals surface area contributed by atoms with Crippen LogP contribution in [-0.2, 0) is 17.8 Å². The van der Waals surface area contributed by atoms with E-state index in [4.69, 9.17) is 0 Å². The third-order valence-corrected chi connectivity index (χ3v) is 4.04. The van der Waals surface area contributed by atoms with Crippen molar-refractivity contribution in [1.29, 1.82) is 0 Å². The van der Waals surface area contributed by atoms with E-state index in [1.807, 2.05) is 40.8 Å². The number of carbonyl (C=O) groups excluding carboxylic acids is 1. The number of carbonyl (C=O) groups is 1. The Morgan fingerprint density at radius 1 is 1.19 bits per heavy atom. The topological polar surface area (TPSA) is 66.1 Å². The lowest BCUT2D eigenvalue weighted by atomic mass is 9.92. The molecule has 0 fully saturated rings. The first-order chi connectivity index (χ1) is 12.7. The van der Waals surface area contributed by atoms with Crippen molar-refractivity contribution >= 4 is 23.1 Å². The number of halogens is 1. The molecule has 0 saturated heterocycles. The predicted octanol–water partition coefficient (Wildman–Crippen LogP) is 4.81. The van der Waals surface area contributed by atoms with Gasteiger partial charge in [0.15, 0.2) is 0 Å². The van der Waals surface area contributed by atoms with E-state index in [-0.39, 0.29) is 17.1 Å². The maximum Gasteiger partial charge on any atom is 0.225 e. The Hall–Kier alpha value is -2.63. The third kappa shape index (κ3) is 6.24. The molecule has 0 radical (unpaired) electrons. The SMILES string of the molecule is CCc1nc(NCc2ccc(F)cc2)cc(NC)c1NC(=O)CC(C)(C)C. The summed E-state index contributed by atoms with van der Waals surface area (Å²) in [5.41, 5.74) is 3.23. The van der Waals surface area contributed by atoms with Crippen molar-refractivity contribution in [3.05, 3.63) is 47.4 Å². The van der Waals surface area contributed by atoms with Crippen molar-refractivity contribution in [3.63, 3.8) is 0 Å². The minimum atomic E-state index is -0.252. The van der Waals surface area contributed by atoms with Crippen LogP contribution in [0.2, 0.25) is 0 Å². The lowest BCUT2D eigenvalue weighted by Crippen LogP contribution is -2.21. The van der Waals surface area contributed by atoms with Gasteiger partial charge in [0.2, 0.25) is 5.91 Å². The molecule has 0 unspecified atom stereocenters. The fraction of sp³-hybridized carbons (Fsp3) is 0.429. The molecule has 0 saturated carbocycles. The summed E-state index contributed by atoms with van der Waals surface area (Å²) in [6.45, 7) is 8.65. The molecule has 0 aliphatic carbocycles. The predicted molar refractivity (Wildman–Crippen MR) is 110 cm³/mol. The van der Waals surface area contributed by atoms with E-state index in [2.05, 4.69) is 20.9 Å². The Morgan fingerprint density at radius 2 is 1.85 bits per heavy atom. The Bertz CT molecular complexity index is 757. The van der Waals surface area contributed by atoms with Crippen molar-refractivity contribution in [2.45, 2.75) is 47.1 Å². The summed E-state index contributed by atoms with van der Waals surface area (Å²) in [5, 5.41) is 9.41. The molecule has 0 aliphatic heterocycles. The molecule has 2 aromatic rings. The number of hydrogen-bond donors (Lipinski definition) is 3. The Labute approximate surface area is 160 Å². The van der Waals surface area contributed by atoms with Gasteiger partial charge in [-0.05, 0) is 29.5 Å². The number of amides is 1. The molecule has 27 heavy (non-hydrogen) atoms. The van der Waals surface area contributed by atoms with Crippen LogP contribution in [0.1, 0.15) is 45.4 Å². The lowest BCUT2D eigenvalue weighted by Gasteiger charge is -2.20. The van der Waals surface area contributed by atoms with E-state index in [9.17, 15) is 9.18 Å². The van der Waals surface area contributed by atoms with Crippen molar-refractivity contribution in [2.75, 3.05) is 23.0 Å². The number of pyridine rings is 1. The highest BCUT2D eigenvalue weighted by molar-refractivity contribution is 5.95. The minimum Gasteiger partial charge on any atom is -0.386 e. The third-order valence-electron chi connectivity index (χ3n) is 4.04. The summed E-state index contributed by atoms with van der Waals surface area (Å²) in [7, 11) is 1.82. The van der Waals surface area contributed by atoms with Gasteiger partial charge >= 0.3 is 0 Å². The second-order valence-corrected chi connectivity index (χ2v) is 7.75. The molecular formula is C21H29FN4O. The maximum atomic E-state index is 13.0. The number of nitrogens with one attached hydrogen (secondary N) is 3. The van der Waals surface area contributed by atoms with Crippen LogP contribution in [0.4, 0.5) is 21.6 Å². The Kier molecular flexibility index (Phi) is 6.77. The normalized spacial score (nSPS) is 11.2. The number of hydrogen-bond acceptors (Lipinski definition) is 4. The van der Waals surface area contributed by atoms with Gasteiger partial charge in [-0.1, -0.05) is 39.8 Å². The quantitative estimate of drug-likeness (QED) is 0.652. The summed E-state index contributed by atoms with van der Waals surface area (Å²) in [4.78, 5) is 17.0. The van der Waals surface area contributed by atoms with Gasteiger partial charge in [0, 0.05) is 26.1 Å². The number of anilines is 3. The zero-order valence-electron chi connectivity index (χ0n) is 16.7. The molecule has 1 aromatic carbocycles. The first kappa shape index (κ1) is 20.7. The molecule has 6 heteroatoms. The highest BCUT2D eigenvalue weighted by Crippen LogP contribution is 2.30. The van der Waals surface area contributed by atoms with Gasteiger partial charge in [-0.15, -0.1) is 0 Å². The van der Waals surface area contributed by atoms with Crippen LogP contribution in [0.15, 0.2) is 30.3 Å². The maximum absolute atomic E-state index is 13.0. The average Bonchev–Trinajstić information content (AvgIpc) is 2.60. The molecule has 1 aromatic heterocycles. The van der Waals surface area contributed by atoms with Crippen LogP contribution in [0, 0.1) is 11.2 Å². The standard InChI is InChI=1S/C21H29FN4O/c1-6-16-20(26-19(27)12-21(2,3)4)17(23-5)11-18(25-16)24-13-14-7-9-15(22)10-8-14/h7-11H,6,12-13H2,1-5H3,(H,26,27)(H2,23,24,25).